The highest BCUT2D eigenvalue weighted by Crippen LogP contribution is 2.22. The molecule has 148 valence electrons. The number of rotatable bonds is 3. The van der Waals surface area contributed by atoms with Crippen molar-refractivity contribution >= 4 is 17.3 Å². The Morgan fingerprint density at radius 1 is 0.821 bits per heavy atom. The summed E-state index contributed by atoms with van der Waals surface area (Å²) in [5.74, 6) is 0.0561. The summed E-state index contributed by atoms with van der Waals surface area (Å²) in [6, 6.07) is 12.6. The van der Waals surface area contributed by atoms with Crippen LogP contribution in [-0.2, 0) is 0 Å². The minimum absolute atomic E-state index is 0.0561. The van der Waals surface area contributed by atoms with Crippen molar-refractivity contribution < 1.29 is 4.79 Å². The van der Waals surface area contributed by atoms with Crippen LogP contribution in [0, 0.1) is 6.92 Å². The Kier molecular flexibility index (Phi) is 5.79. The number of aromatic nitrogens is 1. The van der Waals surface area contributed by atoms with E-state index in [2.05, 4.69) is 46.0 Å². The summed E-state index contributed by atoms with van der Waals surface area (Å²) in [6.45, 7) is 7.47. The molecule has 5 nitrogen and oxygen atoms in total. The topological polar surface area (TPSA) is 39.7 Å². The molecule has 0 N–H and O–H groups in total. The van der Waals surface area contributed by atoms with Crippen LogP contribution >= 0.6 is 0 Å². The first-order valence-electron chi connectivity index (χ1n) is 10.5. The highest BCUT2D eigenvalue weighted by molar-refractivity contribution is 5.93. The van der Waals surface area contributed by atoms with Crippen molar-refractivity contribution in [2.24, 2.45) is 0 Å². The lowest BCUT2D eigenvalue weighted by Gasteiger charge is -2.36. The Labute approximate surface area is 168 Å². The molecular weight excluding hydrogens is 348 g/mol. The molecule has 5 heteroatoms. The molecule has 1 aromatic carbocycles. The average molecular weight is 379 g/mol. The molecule has 0 atom stereocenters. The van der Waals surface area contributed by atoms with Crippen molar-refractivity contribution in [1.82, 2.24) is 9.88 Å². The summed E-state index contributed by atoms with van der Waals surface area (Å²) in [5.41, 5.74) is 4.23. The maximum absolute atomic E-state index is 13.0. The van der Waals surface area contributed by atoms with E-state index in [0.29, 0.717) is 5.69 Å². The number of aryl methyl sites for hydroxylation is 1. The van der Waals surface area contributed by atoms with Crippen LogP contribution in [0.3, 0.4) is 0 Å². The lowest BCUT2D eigenvalue weighted by atomic mass is 10.2. The number of carbonyl (C=O) groups is 1. The zero-order valence-corrected chi connectivity index (χ0v) is 16.8. The summed E-state index contributed by atoms with van der Waals surface area (Å²) in [5, 5.41) is 0. The van der Waals surface area contributed by atoms with Gasteiger partial charge in [-0.25, -0.2) is 0 Å². The Hall–Kier alpha value is -2.56. The zero-order valence-electron chi connectivity index (χ0n) is 16.8. The molecule has 28 heavy (non-hydrogen) atoms. The van der Waals surface area contributed by atoms with Gasteiger partial charge in [-0.3, -0.25) is 9.78 Å². The Bertz CT molecular complexity index is 806. The summed E-state index contributed by atoms with van der Waals surface area (Å²) in [7, 11) is 0. The van der Waals surface area contributed by atoms with Crippen LogP contribution in [0.4, 0.5) is 11.4 Å². The molecule has 0 saturated carbocycles. The molecule has 0 aliphatic carbocycles. The Morgan fingerprint density at radius 2 is 1.50 bits per heavy atom. The third-order valence-corrected chi connectivity index (χ3v) is 5.87. The third-order valence-electron chi connectivity index (χ3n) is 5.87. The fourth-order valence-corrected chi connectivity index (χ4v) is 4.22. The molecule has 0 radical (unpaired) electrons. The monoisotopic (exact) mass is 378 g/mol. The van der Waals surface area contributed by atoms with Gasteiger partial charge in [0.1, 0.15) is 5.69 Å². The molecule has 0 spiro atoms. The van der Waals surface area contributed by atoms with Crippen molar-refractivity contribution in [3.8, 4) is 0 Å². The number of carbonyl (C=O) groups excluding carboxylic acids is 1. The molecule has 3 heterocycles. The normalized spacial score (nSPS) is 18.1. The maximum Gasteiger partial charge on any atom is 0.272 e. The maximum atomic E-state index is 13.0. The second-order valence-corrected chi connectivity index (χ2v) is 7.92. The van der Waals surface area contributed by atoms with Gasteiger partial charge < -0.3 is 14.7 Å². The molecule has 2 saturated heterocycles. The van der Waals surface area contributed by atoms with Gasteiger partial charge in [0.15, 0.2) is 0 Å². The van der Waals surface area contributed by atoms with Gasteiger partial charge in [0, 0.05) is 56.8 Å². The van der Waals surface area contributed by atoms with Crippen LogP contribution in [0.1, 0.15) is 41.7 Å². The molecule has 2 fully saturated rings. The minimum Gasteiger partial charge on any atom is -0.371 e. The van der Waals surface area contributed by atoms with E-state index in [1.54, 1.807) is 6.20 Å². The van der Waals surface area contributed by atoms with Crippen LogP contribution < -0.4 is 9.80 Å². The molecule has 0 bridgehead atoms. The second-order valence-electron chi connectivity index (χ2n) is 7.92. The lowest BCUT2D eigenvalue weighted by molar-refractivity contribution is 0.0741. The first-order valence-corrected chi connectivity index (χ1v) is 10.5. The van der Waals surface area contributed by atoms with E-state index in [4.69, 9.17) is 0 Å². The number of pyridine rings is 1. The van der Waals surface area contributed by atoms with E-state index in [1.165, 1.54) is 36.9 Å². The number of nitrogens with zero attached hydrogens (tertiary/aromatic N) is 4. The average Bonchev–Trinajstić information content (AvgIpc) is 3.03. The highest BCUT2D eigenvalue weighted by atomic mass is 16.2. The molecule has 2 aliphatic heterocycles. The first-order chi connectivity index (χ1) is 13.7. The van der Waals surface area contributed by atoms with Gasteiger partial charge in [-0.1, -0.05) is 25.0 Å². The number of piperazine rings is 1. The zero-order chi connectivity index (χ0) is 19.3. The van der Waals surface area contributed by atoms with Crippen LogP contribution in [0.15, 0.2) is 42.6 Å². The van der Waals surface area contributed by atoms with E-state index in [9.17, 15) is 4.79 Å². The molecule has 4 rings (SSSR count). The largest absolute Gasteiger partial charge is 0.371 e. The number of hydrogen-bond acceptors (Lipinski definition) is 4. The first kappa shape index (κ1) is 18.8. The van der Waals surface area contributed by atoms with Gasteiger partial charge in [0.25, 0.3) is 5.91 Å². The molecule has 1 amide bonds. The van der Waals surface area contributed by atoms with Crippen LogP contribution in [0.25, 0.3) is 0 Å². The van der Waals surface area contributed by atoms with Gasteiger partial charge in [-0.2, -0.15) is 0 Å². The standard InChI is InChI=1S/C23H30N4O/c1-19-7-6-8-20(17-19)26-13-15-27(16-14-26)23(28)22-18-21(9-10-24-22)25-11-4-2-3-5-12-25/h6-10,17-18H,2-5,11-16H2,1H3. The summed E-state index contributed by atoms with van der Waals surface area (Å²) in [6.07, 6.45) is 6.85. The Morgan fingerprint density at radius 3 is 2.21 bits per heavy atom. The predicted molar refractivity (Wildman–Crippen MR) is 114 cm³/mol. The van der Waals surface area contributed by atoms with Gasteiger partial charge in [-0.05, 0) is 49.6 Å². The van der Waals surface area contributed by atoms with Crippen molar-refractivity contribution in [2.75, 3.05) is 49.1 Å². The predicted octanol–water partition coefficient (Wildman–Crippen LogP) is 3.73. The smallest absolute Gasteiger partial charge is 0.272 e. The number of hydrogen-bond donors (Lipinski definition) is 0. The molecule has 0 unspecified atom stereocenters. The van der Waals surface area contributed by atoms with E-state index in [1.807, 2.05) is 17.0 Å². The van der Waals surface area contributed by atoms with E-state index in [0.717, 1.165) is 45.0 Å². The van der Waals surface area contributed by atoms with Crippen molar-refractivity contribution in [1.29, 1.82) is 0 Å². The second kappa shape index (κ2) is 8.63. The molecule has 2 aliphatic rings. The summed E-state index contributed by atoms with van der Waals surface area (Å²) >= 11 is 0. The molecular formula is C23H30N4O. The van der Waals surface area contributed by atoms with Gasteiger partial charge >= 0.3 is 0 Å². The third kappa shape index (κ3) is 4.29. The fraction of sp³-hybridized carbons (Fsp3) is 0.478. The highest BCUT2D eigenvalue weighted by Gasteiger charge is 2.24. The summed E-state index contributed by atoms with van der Waals surface area (Å²) in [4.78, 5) is 24.1. The fourth-order valence-electron chi connectivity index (χ4n) is 4.22. The van der Waals surface area contributed by atoms with E-state index in [-0.39, 0.29) is 5.91 Å². The number of amides is 1. The van der Waals surface area contributed by atoms with Crippen LogP contribution in [0.5, 0.6) is 0 Å². The number of benzene rings is 1. The Balaban J connectivity index is 1.40. The minimum atomic E-state index is 0.0561. The lowest BCUT2D eigenvalue weighted by Crippen LogP contribution is -2.49. The van der Waals surface area contributed by atoms with Crippen LogP contribution in [0.2, 0.25) is 0 Å². The van der Waals surface area contributed by atoms with E-state index >= 15 is 0 Å². The van der Waals surface area contributed by atoms with Crippen molar-refractivity contribution in [3.05, 3.63) is 53.9 Å². The van der Waals surface area contributed by atoms with Crippen LogP contribution in [-0.4, -0.2) is 55.1 Å². The SMILES string of the molecule is Cc1cccc(N2CCN(C(=O)c3cc(N4CCCCCC4)ccn3)CC2)c1. The van der Waals surface area contributed by atoms with Gasteiger partial charge in [0.2, 0.25) is 0 Å². The van der Waals surface area contributed by atoms with Gasteiger partial charge in [0.05, 0.1) is 0 Å². The van der Waals surface area contributed by atoms with Crippen molar-refractivity contribution in [2.45, 2.75) is 32.6 Å². The summed E-state index contributed by atoms with van der Waals surface area (Å²) < 4.78 is 0. The molecule has 1 aromatic heterocycles. The molecule has 2 aromatic rings. The number of anilines is 2. The van der Waals surface area contributed by atoms with E-state index < -0.39 is 0 Å². The van der Waals surface area contributed by atoms with Crippen molar-refractivity contribution in [3.63, 3.8) is 0 Å². The van der Waals surface area contributed by atoms with Gasteiger partial charge in [-0.15, -0.1) is 0 Å². The quantitative estimate of drug-likeness (QED) is 0.816.